The van der Waals surface area contributed by atoms with Crippen LogP contribution in [0.2, 0.25) is 0 Å². The molecular formula is C14H22ClN3O2. The average Bonchev–Trinajstić information content (AvgIpc) is 2.48. The lowest BCUT2D eigenvalue weighted by atomic mass is 10.0. The van der Waals surface area contributed by atoms with Crippen molar-refractivity contribution in [1.29, 1.82) is 0 Å². The minimum atomic E-state index is 0. The van der Waals surface area contributed by atoms with E-state index < -0.39 is 0 Å². The van der Waals surface area contributed by atoms with Crippen LogP contribution in [0.3, 0.4) is 0 Å². The Bertz CT molecular complexity index is 403. The molecule has 1 aromatic rings. The van der Waals surface area contributed by atoms with Gasteiger partial charge in [-0.15, -0.1) is 12.4 Å². The SMILES string of the molecule is COCCCC(=O)N1CCNCC1c1cccnc1.Cl. The van der Waals surface area contributed by atoms with E-state index in [0.29, 0.717) is 13.0 Å². The van der Waals surface area contributed by atoms with Gasteiger partial charge in [0.1, 0.15) is 0 Å². The molecule has 0 bridgehead atoms. The standard InChI is InChI=1S/C14H21N3O2.ClH/c1-19-9-3-5-14(18)17-8-7-16-11-13(17)12-4-2-6-15-10-12;/h2,4,6,10,13,16H,3,5,7-9,11H2,1H3;1H. The van der Waals surface area contributed by atoms with Crippen molar-refractivity contribution in [2.24, 2.45) is 0 Å². The van der Waals surface area contributed by atoms with E-state index in [1.54, 1.807) is 13.3 Å². The molecule has 2 rings (SSSR count). The third kappa shape index (κ3) is 4.44. The van der Waals surface area contributed by atoms with Crippen molar-refractivity contribution in [1.82, 2.24) is 15.2 Å². The van der Waals surface area contributed by atoms with E-state index in [9.17, 15) is 4.79 Å². The molecule has 1 aromatic heterocycles. The van der Waals surface area contributed by atoms with E-state index in [1.165, 1.54) is 0 Å². The lowest BCUT2D eigenvalue weighted by molar-refractivity contribution is -0.134. The predicted octanol–water partition coefficient (Wildman–Crippen LogP) is 1.40. The maximum absolute atomic E-state index is 12.3. The van der Waals surface area contributed by atoms with Gasteiger partial charge in [-0.2, -0.15) is 0 Å². The number of hydrogen-bond acceptors (Lipinski definition) is 4. The summed E-state index contributed by atoms with van der Waals surface area (Å²) < 4.78 is 5.00. The fourth-order valence-corrected chi connectivity index (χ4v) is 2.39. The van der Waals surface area contributed by atoms with Gasteiger partial charge in [0.15, 0.2) is 0 Å². The number of carbonyl (C=O) groups is 1. The molecule has 2 heterocycles. The molecule has 0 aromatic carbocycles. The third-order valence-electron chi connectivity index (χ3n) is 3.37. The first-order valence-corrected chi connectivity index (χ1v) is 6.72. The zero-order valence-corrected chi connectivity index (χ0v) is 12.6. The fourth-order valence-electron chi connectivity index (χ4n) is 2.39. The van der Waals surface area contributed by atoms with Gasteiger partial charge in [-0.3, -0.25) is 9.78 Å². The van der Waals surface area contributed by atoms with Crippen LogP contribution in [0.4, 0.5) is 0 Å². The molecule has 1 fully saturated rings. The summed E-state index contributed by atoms with van der Waals surface area (Å²) in [5.74, 6) is 0.201. The molecule has 1 aliphatic rings. The van der Waals surface area contributed by atoms with E-state index >= 15 is 0 Å². The van der Waals surface area contributed by atoms with Crippen molar-refractivity contribution in [3.05, 3.63) is 30.1 Å². The van der Waals surface area contributed by atoms with Crippen LogP contribution in [0.25, 0.3) is 0 Å². The number of nitrogens with zero attached hydrogens (tertiary/aromatic N) is 2. The number of ether oxygens (including phenoxy) is 1. The van der Waals surface area contributed by atoms with Crippen molar-refractivity contribution in [2.75, 3.05) is 33.4 Å². The number of halogens is 1. The van der Waals surface area contributed by atoms with Gasteiger partial charge in [0.2, 0.25) is 5.91 Å². The number of methoxy groups -OCH3 is 1. The third-order valence-corrected chi connectivity index (χ3v) is 3.37. The summed E-state index contributed by atoms with van der Waals surface area (Å²) in [5, 5.41) is 3.34. The van der Waals surface area contributed by atoms with Crippen molar-refractivity contribution in [2.45, 2.75) is 18.9 Å². The summed E-state index contributed by atoms with van der Waals surface area (Å²) >= 11 is 0. The highest BCUT2D eigenvalue weighted by molar-refractivity contribution is 5.85. The Morgan fingerprint density at radius 2 is 2.45 bits per heavy atom. The number of hydrogen-bond donors (Lipinski definition) is 1. The van der Waals surface area contributed by atoms with Gasteiger partial charge in [-0.05, 0) is 18.1 Å². The maximum Gasteiger partial charge on any atom is 0.223 e. The quantitative estimate of drug-likeness (QED) is 0.835. The molecular weight excluding hydrogens is 278 g/mol. The molecule has 6 heteroatoms. The first kappa shape index (κ1) is 16.9. The largest absolute Gasteiger partial charge is 0.385 e. The van der Waals surface area contributed by atoms with Crippen LogP contribution in [-0.2, 0) is 9.53 Å². The molecule has 1 aliphatic heterocycles. The normalized spacial score (nSPS) is 18.4. The Morgan fingerprint density at radius 3 is 3.15 bits per heavy atom. The molecule has 0 spiro atoms. The number of piperazine rings is 1. The van der Waals surface area contributed by atoms with Gasteiger partial charge in [0.05, 0.1) is 6.04 Å². The summed E-state index contributed by atoms with van der Waals surface area (Å²) in [4.78, 5) is 18.4. The van der Waals surface area contributed by atoms with Gasteiger partial charge < -0.3 is 15.0 Å². The first-order valence-electron chi connectivity index (χ1n) is 6.72. The van der Waals surface area contributed by atoms with E-state index in [2.05, 4.69) is 10.3 Å². The minimum absolute atomic E-state index is 0. The van der Waals surface area contributed by atoms with Crippen molar-refractivity contribution in [3.8, 4) is 0 Å². The molecule has 0 radical (unpaired) electrons. The number of carbonyl (C=O) groups excluding carboxylic acids is 1. The Morgan fingerprint density at radius 1 is 1.60 bits per heavy atom. The van der Waals surface area contributed by atoms with Crippen LogP contribution >= 0.6 is 12.4 Å². The summed E-state index contributed by atoms with van der Waals surface area (Å²) in [6, 6.07) is 4.04. The van der Waals surface area contributed by atoms with Crippen molar-refractivity contribution >= 4 is 18.3 Å². The second-order valence-corrected chi connectivity index (χ2v) is 4.69. The van der Waals surface area contributed by atoms with Crippen molar-refractivity contribution < 1.29 is 9.53 Å². The van der Waals surface area contributed by atoms with Gasteiger partial charge in [0, 0.05) is 52.2 Å². The fraction of sp³-hybridized carbons (Fsp3) is 0.571. The molecule has 1 saturated heterocycles. The smallest absolute Gasteiger partial charge is 0.223 e. The maximum atomic E-state index is 12.3. The molecule has 1 atom stereocenters. The summed E-state index contributed by atoms with van der Waals surface area (Å²) in [5.41, 5.74) is 1.09. The van der Waals surface area contributed by atoms with Gasteiger partial charge in [-0.25, -0.2) is 0 Å². The van der Waals surface area contributed by atoms with Gasteiger partial charge >= 0.3 is 0 Å². The van der Waals surface area contributed by atoms with Crippen LogP contribution in [0.1, 0.15) is 24.4 Å². The van der Waals surface area contributed by atoms with Crippen LogP contribution in [0.5, 0.6) is 0 Å². The molecule has 20 heavy (non-hydrogen) atoms. The monoisotopic (exact) mass is 299 g/mol. The first-order chi connectivity index (χ1) is 9.33. The zero-order chi connectivity index (χ0) is 13.5. The molecule has 0 saturated carbocycles. The number of rotatable bonds is 5. The molecule has 0 aliphatic carbocycles. The number of pyridine rings is 1. The lowest BCUT2D eigenvalue weighted by Crippen LogP contribution is -2.48. The second kappa shape index (κ2) is 8.89. The van der Waals surface area contributed by atoms with E-state index in [1.807, 2.05) is 23.2 Å². The van der Waals surface area contributed by atoms with E-state index in [4.69, 9.17) is 4.74 Å². The molecule has 1 unspecified atom stereocenters. The van der Waals surface area contributed by atoms with Gasteiger partial charge in [0.25, 0.3) is 0 Å². The van der Waals surface area contributed by atoms with Crippen LogP contribution in [0.15, 0.2) is 24.5 Å². The minimum Gasteiger partial charge on any atom is -0.385 e. The highest BCUT2D eigenvalue weighted by Gasteiger charge is 2.27. The van der Waals surface area contributed by atoms with Gasteiger partial charge in [-0.1, -0.05) is 6.07 Å². The Balaban J connectivity index is 0.00000200. The highest BCUT2D eigenvalue weighted by atomic mass is 35.5. The second-order valence-electron chi connectivity index (χ2n) is 4.69. The molecule has 1 amide bonds. The summed E-state index contributed by atoms with van der Waals surface area (Å²) in [6.07, 6.45) is 4.92. The summed E-state index contributed by atoms with van der Waals surface area (Å²) in [6.45, 7) is 3.04. The zero-order valence-electron chi connectivity index (χ0n) is 11.7. The highest BCUT2D eigenvalue weighted by Crippen LogP contribution is 2.22. The summed E-state index contributed by atoms with van der Waals surface area (Å²) in [7, 11) is 1.66. The van der Waals surface area contributed by atoms with E-state index in [-0.39, 0.29) is 24.4 Å². The Kier molecular flexibility index (Phi) is 7.51. The number of aromatic nitrogens is 1. The molecule has 1 N–H and O–H groups in total. The molecule has 5 nitrogen and oxygen atoms in total. The van der Waals surface area contributed by atoms with Crippen molar-refractivity contribution in [3.63, 3.8) is 0 Å². The van der Waals surface area contributed by atoms with Crippen LogP contribution in [0, 0.1) is 0 Å². The molecule has 112 valence electrons. The lowest BCUT2D eigenvalue weighted by Gasteiger charge is -2.36. The van der Waals surface area contributed by atoms with Crippen LogP contribution in [-0.4, -0.2) is 49.1 Å². The predicted molar refractivity (Wildman–Crippen MR) is 79.9 cm³/mol. The van der Waals surface area contributed by atoms with Crippen LogP contribution < -0.4 is 5.32 Å². The van der Waals surface area contributed by atoms with E-state index in [0.717, 1.165) is 31.6 Å². The average molecular weight is 300 g/mol. The number of nitrogens with one attached hydrogen (secondary N) is 1. The Hall–Kier alpha value is -1.17. The Labute approximate surface area is 126 Å². The topological polar surface area (TPSA) is 54.5 Å². The number of amides is 1.